The summed E-state index contributed by atoms with van der Waals surface area (Å²) in [5, 5.41) is 10.2. The number of rotatable bonds is 7. The Morgan fingerprint density at radius 1 is 1.09 bits per heavy atom. The van der Waals surface area contributed by atoms with E-state index in [0.717, 1.165) is 6.07 Å². The number of aromatic carboxylic acids is 1. The van der Waals surface area contributed by atoms with Crippen LogP contribution in [0.3, 0.4) is 0 Å². The SMILES string of the molecule is CN(Cc1cc(F)ccc1Oc1ccc(Cl)c(F)c1)Cc1c(C(=O)O)oc2ccccc12. The van der Waals surface area contributed by atoms with Crippen LogP contribution >= 0.6 is 11.6 Å². The van der Waals surface area contributed by atoms with Crippen LogP contribution in [0.15, 0.2) is 65.1 Å². The van der Waals surface area contributed by atoms with Crippen LogP contribution in [0, 0.1) is 11.6 Å². The van der Waals surface area contributed by atoms with Gasteiger partial charge in [0.1, 0.15) is 28.7 Å². The number of furan rings is 1. The lowest BCUT2D eigenvalue weighted by molar-refractivity contribution is 0.0662. The van der Waals surface area contributed by atoms with Crippen molar-refractivity contribution < 1.29 is 27.8 Å². The van der Waals surface area contributed by atoms with Gasteiger partial charge in [0.15, 0.2) is 0 Å². The van der Waals surface area contributed by atoms with Crippen molar-refractivity contribution in [3.8, 4) is 11.5 Å². The normalized spacial score (nSPS) is 11.3. The van der Waals surface area contributed by atoms with Crippen molar-refractivity contribution in [3.63, 3.8) is 0 Å². The van der Waals surface area contributed by atoms with Crippen LogP contribution in [0.5, 0.6) is 11.5 Å². The zero-order valence-corrected chi connectivity index (χ0v) is 17.7. The van der Waals surface area contributed by atoms with Gasteiger partial charge in [-0.1, -0.05) is 29.8 Å². The average molecular weight is 458 g/mol. The van der Waals surface area contributed by atoms with Gasteiger partial charge >= 0.3 is 5.97 Å². The quantitative estimate of drug-likeness (QED) is 0.344. The molecule has 0 radical (unpaired) electrons. The lowest BCUT2D eigenvalue weighted by atomic mass is 10.1. The monoisotopic (exact) mass is 457 g/mol. The number of nitrogens with zero attached hydrogens (tertiary/aromatic N) is 1. The van der Waals surface area contributed by atoms with Gasteiger partial charge in [-0.15, -0.1) is 0 Å². The molecule has 3 aromatic carbocycles. The molecule has 1 N–H and O–H groups in total. The number of hydrogen-bond donors (Lipinski definition) is 1. The number of para-hydroxylation sites is 1. The summed E-state index contributed by atoms with van der Waals surface area (Å²) in [6, 6.07) is 15.1. The van der Waals surface area contributed by atoms with Gasteiger partial charge in [-0.25, -0.2) is 13.6 Å². The zero-order valence-electron chi connectivity index (χ0n) is 16.9. The van der Waals surface area contributed by atoms with E-state index in [1.54, 1.807) is 31.3 Å². The molecule has 0 fully saturated rings. The molecule has 0 saturated carbocycles. The van der Waals surface area contributed by atoms with E-state index in [-0.39, 0.29) is 29.6 Å². The van der Waals surface area contributed by atoms with Crippen molar-refractivity contribution in [2.75, 3.05) is 7.05 Å². The first-order chi connectivity index (χ1) is 15.3. The van der Waals surface area contributed by atoms with Gasteiger partial charge in [0.25, 0.3) is 0 Å². The first-order valence-electron chi connectivity index (χ1n) is 9.65. The Labute approximate surface area is 187 Å². The first kappa shape index (κ1) is 21.8. The number of carboxylic acids is 1. The Balaban J connectivity index is 1.60. The maximum absolute atomic E-state index is 14.0. The largest absolute Gasteiger partial charge is 0.475 e. The third kappa shape index (κ3) is 4.59. The minimum Gasteiger partial charge on any atom is -0.475 e. The lowest BCUT2D eigenvalue weighted by Gasteiger charge is -2.19. The first-order valence-corrected chi connectivity index (χ1v) is 10.0. The standard InChI is InChI=1S/C24H18ClF2NO4/c1-28(13-18-17-4-2-3-5-22(17)32-23(18)24(29)30)12-14-10-15(26)6-9-21(14)31-16-7-8-19(25)20(27)11-16/h2-11H,12-13H2,1H3,(H,29,30). The van der Waals surface area contributed by atoms with Gasteiger partial charge < -0.3 is 14.3 Å². The number of carboxylic acid groups (broad SMARTS) is 1. The van der Waals surface area contributed by atoms with Crippen LogP contribution in [0.25, 0.3) is 11.0 Å². The van der Waals surface area contributed by atoms with E-state index in [9.17, 15) is 18.7 Å². The molecule has 0 amide bonds. The highest BCUT2D eigenvalue weighted by Crippen LogP contribution is 2.31. The predicted octanol–water partition coefficient (Wildman–Crippen LogP) is 6.49. The van der Waals surface area contributed by atoms with E-state index >= 15 is 0 Å². The minimum absolute atomic E-state index is 0.0296. The number of carbonyl (C=O) groups is 1. The Kier molecular flexibility index (Phi) is 6.12. The molecule has 164 valence electrons. The van der Waals surface area contributed by atoms with Crippen molar-refractivity contribution in [2.45, 2.75) is 13.1 Å². The van der Waals surface area contributed by atoms with Gasteiger partial charge in [0.2, 0.25) is 5.76 Å². The molecule has 8 heteroatoms. The van der Waals surface area contributed by atoms with E-state index in [0.29, 0.717) is 27.8 Å². The van der Waals surface area contributed by atoms with E-state index in [1.165, 1.54) is 30.3 Å². The molecule has 0 spiro atoms. The molecule has 0 aliphatic heterocycles. The molecule has 0 aliphatic rings. The second-order valence-corrected chi connectivity index (χ2v) is 7.72. The number of fused-ring (bicyclic) bond motifs is 1. The fraction of sp³-hybridized carbons (Fsp3) is 0.125. The number of benzene rings is 3. The molecule has 0 atom stereocenters. The molecule has 4 aromatic rings. The molecular formula is C24H18ClF2NO4. The second kappa shape index (κ2) is 8.98. The van der Waals surface area contributed by atoms with E-state index in [2.05, 4.69) is 0 Å². The molecular weight excluding hydrogens is 440 g/mol. The molecule has 1 heterocycles. The predicted molar refractivity (Wildman–Crippen MR) is 116 cm³/mol. The molecule has 4 rings (SSSR count). The molecule has 1 aromatic heterocycles. The molecule has 0 unspecified atom stereocenters. The highest BCUT2D eigenvalue weighted by molar-refractivity contribution is 6.30. The highest BCUT2D eigenvalue weighted by atomic mass is 35.5. The van der Waals surface area contributed by atoms with Crippen molar-refractivity contribution in [1.82, 2.24) is 4.90 Å². The van der Waals surface area contributed by atoms with Crippen molar-refractivity contribution >= 4 is 28.5 Å². The van der Waals surface area contributed by atoms with E-state index in [4.69, 9.17) is 20.8 Å². The smallest absolute Gasteiger partial charge is 0.372 e. The van der Waals surface area contributed by atoms with Gasteiger partial charge in [0.05, 0.1) is 5.02 Å². The Bertz CT molecular complexity index is 1300. The summed E-state index contributed by atoms with van der Waals surface area (Å²) >= 11 is 5.71. The molecule has 32 heavy (non-hydrogen) atoms. The van der Waals surface area contributed by atoms with Gasteiger partial charge in [-0.05, 0) is 43.4 Å². The summed E-state index contributed by atoms with van der Waals surface area (Å²) in [6.45, 7) is 0.478. The number of hydrogen-bond acceptors (Lipinski definition) is 4. The van der Waals surface area contributed by atoms with Crippen molar-refractivity contribution in [2.24, 2.45) is 0 Å². The fourth-order valence-corrected chi connectivity index (χ4v) is 3.60. The molecule has 5 nitrogen and oxygen atoms in total. The Morgan fingerprint density at radius 2 is 1.88 bits per heavy atom. The fourth-order valence-electron chi connectivity index (χ4n) is 3.48. The van der Waals surface area contributed by atoms with Crippen LogP contribution in [0.1, 0.15) is 21.7 Å². The van der Waals surface area contributed by atoms with Crippen LogP contribution in [-0.4, -0.2) is 23.0 Å². The van der Waals surface area contributed by atoms with Crippen LogP contribution in [0.4, 0.5) is 8.78 Å². The molecule has 0 aliphatic carbocycles. The van der Waals surface area contributed by atoms with Crippen LogP contribution in [-0.2, 0) is 13.1 Å². The van der Waals surface area contributed by atoms with Crippen LogP contribution < -0.4 is 4.74 Å². The minimum atomic E-state index is -1.16. The van der Waals surface area contributed by atoms with Crippen LogP contribution in [0.2, 0.25) is 5.02 Å². The summed E-state index contributed by atoms with van der Waals surface area (Å²) in [4.78, 5) is 13.5. The Hall–Kier alpha value is -3.42. The summed E-state index contributed by atoms with van der Waals surface area (Å²) in [5.41, 5.74) is 1.51. The summed E-state index contributed by atoms with van der Waals surface area (Å²) in [6.07, 6.45) is 0. The summed E-state index contributed by atoms with van der Waals surface area (Å²) in [5.74, 6) is -1.82. The van der Waals surface area contributed by atoms with Crippen molar-refractivity contribution in [1.29, 1.82) is 0 Å². The molecule has 0 saturated heterocycles. The Morgan fingerprint density at radius 3 is 2.62 bits per heavy atom. The van der Waals surface area contributed by atoms with Gasteiger partial charge in [-0.2, -0.15) is 0 Å². The maximum atomic E-state index is 14.0. The van der Waals surface area contributed by atoms with Gasteiger partial charge in [-0.3, -0.25) is 4.90 Å². The van der Waals surface area contributed by atoms with Gasteiger partial charge in [0, 0.05) is 35.7 Å². The third-order valence-electron chi connectivity index (χ3n) is 4.90. The van der Waals surface area contributed by atoms with E-state index in [1.807, 2.05) is 4.90 Å². The number of ether oxygens (including phenoxy) is 1. The highest BCUT2D eigenvalue weighted by Gasteiger charge is 2.21. The zero-order chi connectivity index (χ0) is 22.8. The summed E-state index contributed by atoms with van der Waals surface area (Å²) < 4.78 is 39.0. The van der Waals surface area contributed by atoms with Crippen molar-refractivity contribution in [3.05, 3.63) is 94.2 Å². The lowest BCUT2D eigenvalue weighted by Crippen LogP contribution is -2.19. The summed E-state index contributed by atoms with van der Waals surface area (Å²) in [7, 11) is 1.77. The average Bonchev–Trinajstić information content (AvgIpc) is 3.11. The second-order valence-electron chi connectivity index (χ2n) is 7.31. The molecule has 0 bridgehead atoms. The number of halogens is 3. The topological polar surface area (TPSA) is 62.9 Å². The maximum Gasteiger partial charge on any atom is 0.372 e. The van der Waals surface area contributed by atoms with E-state index < -0.39 is 17.6 Å². The third-order valence-corrected chi connectivity index (χ3v) is 5.21.